The molecule has 0 fully saturated rings. The molecule has 0 saturated carbocycles. The van der Waals surface area contributed by atoms with E-state index >= 15 is 0 Å². The smallest absolute Gasteiger partial charge is 0.408 e. The summed E-state index contributed by atoms with van der Waals surface area (Å²) < 4.78 is 6.10. The Bertz CT molecular complexity index is 910. The first kappa shape index (κ1) is 15.8. The second-order valence-electron chi connectivity index (χ2n) is 4.92. The molecule has 1 amide bonds. The van der Waals surface area contributed by atoms with E-state index < -0.39 is 6.09 Å². The molecule has 0 unspecified atom stereocenters. The van der Waals surface area contributed by atoms with Gasteiger partial charge in [-0.15, -0.1) is 0 Å². The first-order chi connectivity index (χ1) is 11.7. The summed E-state index contributed by atoms with van der Waals surface area (Å²) in [4.78, 5) is 15.9. The Hall–Kier alpha value is -3.04. The molecule has 0 aliphatic rings. The van der Waals surface area contributed by atoms with Gasteiger partial charge >= 0.3 is 6.09 Å². The molecule has 1 aromatic heterocycles. The first-order valence-electron chi connectivity index (χ1n) is 7.31. The van der Waals surface area contributed by atoms with E-state index in [2.05, 4.69) is 22.1 Å². The topological polar surface area (TPSA) is 77.2 Å². The van der Waals surface area contributed by atoms with Crippen molar-refractivity contribution in [2.75, 3.05) is 12.3 Å². The van der Waals surface area contributed by atoms with Crippen LogP contribution in [0.3, 0.4) is 0 Å². The van der Waals surface area contributed by atoms with Gasteiger partial charge in [0.1, 0.15) is 6.61 Å². The third-order valence-corrected chi connectivity index (χ3v) is 4.04. The minimum absolute atomic E-state index is 0.198. The van der Waals surface area contributed by atoms with Crippen molar-refractivity contribution in [1.82, 2.24) is 10.3 Å². The van der Waals surface area contributed by atoms with Crippen molar-refractivity contribution >= 4 is 32.8 Å². The SMILES string of the molecule is Nc1nc2c(C#CCNC(=O)OCc3ccccc3)cccc2s1. The maximum absolute atomic E-state index is 11.6. The lowest BCUT2D eigenvalue weighted by Crippen LogP contribution is -2.24. The number of rotatable bonds is 3. The van der Waals surface area contributed by atoms with Gasteiger partial charge in [-0.1, -0.05) is 59.6 Å². The molecule has 0 spiro atoms. The van der Waals surface area contributed by atoms with Gasteiger partial charge in [-0.25, -0.2) is 9.78 Å². The fourth-order valence-electron chi connectivity index (χ4n) is 2.10. The largest absolute Gasteiger partial charge is 0.445 e. The molecule has 0 aliphatic carbocycles. The van der Waals surface area contributed by atoms with Crippen LogP contribution in [0.2, 0.25) is 0 Å². The zero-order valence-corrected chi connectivity index (χ0v) is 13.6. The average molecular weight is 337 g/mol. The predicted octanol–water partition coefficient (Wildman–Crippen LogP) is 3.16. The Labute approximate surface area is 143 Å². The molecule has 3 aromatic rings. The van der Waals surface area contributed by atoms with E-state index in [1.807, 2.05) is 48.5 Å². The molecule has 120 valence electrons. The molecule has 0 aliphatic heterocycles. The van der Waals surface area contributed by atoms with Crippen LogP contribution in [0.15, 0.2) is 48.5 Å². The summed E-state index contributed by atoms with van der Waals surface area (Å²) in [6.45, 7) is 0.432. The third-order valence-electron chi connectivity index (χ3n) is 3.19. The quantitative estimate of drug-likeness (QED) is 0.720. The number of carbonyl (C=O) groups excluding carboxylic acids is 1. The van der Waals surface area contributed by atoms with Crippen molar-refractivity contribution in [1.29, 1.82) is 0 Å². The van der Waals surface area contributed by atoms with E-state index in [1.165, 1.54) is 11.3 Å². The number of nitrogens with two attached hydrogens (primary N) is 1. The number of ether oxygens (including phenoxy) is 1. The number of amides is 1. The van der Waals surface area contributed by atoms with Gasteiger partial charge in [0.25, 0.3) is 0 Å². The minimum Gasteiger partial charge on any atom is -0.445 e. The lowest BCUT2D eigenvalue weighted by molar-refractivity contribution is 0.141. The Balaban J connectivity index is 1.53. The number of nitrogen functional groups attached to an aromatic ring is 1. The standard InChI is InChI=1S/C18H15N3O2S/c19-17-21-16-14(8-4-10-15(16)24-17)9-5-11-20-18(22)23-12-13-6-2-1-3-7-13/h1-4,6-8,10H,11-12H2,(H2,19,21)(H,20,22). The number of para-hydroxylation sites is 1. The van der Waals surface area contributed by atoms with Crippen LogP contribution >= 0.6 is 11.3 Å². The van der Waals surface area contributed by atoms with Crippen molar-refractivity contribution in [2.24, 2.45) is 0 Å². The van der Waals surface area contributed by atoms with Gasteiger partial charge in [0.15, 0.2) is 5.13 Å². The first-order valence-corrected chi connectivity index (χ1v) is 8.12. The molecule has 0 saturated heterocycles. The fraction of sp³-hybridized carbons (Fsp3) is 0.111. The molecule has 24 heavy (non-hydrogen) atoms. The number of fused-ring (bicyclic) bond motifs is 1. The van der Waals surface area contributed by atoms with Crippen LogP contribution in [-0.4, -0.2) is 17.6 Å². The number of nitrogens with zero attached hydrogens (tertiary/aromatic N) is 1. The highest BCUT2D eigenvalue weighted by atomic mass is 32.1. The second kappa shape index (κ2) is 7.49. The van der Waals surface area contributed by atoms with Gasteiger partial charge in [0.2, 0.25) is 0 Å². The third kappa shape index (κ3) is 4.03. The second-order valence-corrected chi connectivity index (χ2v) is 5.98. The summed E-state index contributed by atoms with van der Waals surface area (Å²) in [6.07, 6.45) is -0.496. The summed E-state index contributed by atoms with van der Waals surface area (Å²) in [5.41, 5.74) is 8.24. The Morgan fingerprint density at radius 1 is 1.21 bits per heavy atom. The van der Waals surface area contributed by atoms with Crippen LogP contribution in [0.4, 0.5) is 9.93 Å². The molecule has 0 bridgehead atoms. The Kier molecular flexibility index (Phi) is 4.94. The zero-order valence-electron chi connectivity index (χ0n) is 12.8. The van der Waals surface area contributed by atoms with Crippen molar-refractivity contribution in [2.45, 2.75) is 6.61 Å². The number of benzene rings is 2. The van der Waals surface area contributed by atoms with Crippen molar-refractivity contribution in [3.63, 3.8) is 0 Å². The highest BCUT2D eigenvalue weighted by molar-refractivity contribution is 7.22. The molecular formula is C18H15N3O2S. The molecule has 1 heterocycles. The van der Waals surface area contributed by atoms with Crippen molar-refractivity contribution in [3.05, 3.63) is 59.7 Å². The van der Waals surface area contributed by atoms with E-state index in [4.69, 9.17) is 10.5 Å². The monoisotopic (exact) mass is 337 g/mol. The fourth-order valence-corrected chi connectivity index (χ4v) is 2.86. The van der Waals surface area contributed by atoms with E-state index in [0.717, 1.165) is 21.3 Å². The van der Waals surface area contributed by atoms with Crippen LogP contribution in [0, 0.1) is 11.8 Å². The lowest BCUT2D eigenvalue weighted by atomic mass is 10.2. The number of hydrogen-bond acceptors (Lipinski definition) is 5. The van der Waals surface area contributed by atoms with Crippen molar-refractivity contribution < 1.29 is 9.53 Å². The molecule has 3 rings (SSSR count). The maximum atomic E-state index is 11.6. The van der Waals surface area contributed by atoms with E-state index in [-0.39, 0.29) is 13.2 Å². The van der Waals surface area contributed by atoms with Crippen LogP contribution < -0.4 is 11.1 Å². The van der Waals surface area contributed by atoms with Gasteiger partial charge < -0.3 is 15.8 Å². The van der Waals surface area contributed by atoms with Gasteiger partial charge in [0.05, 0.1) is 22.3 Å². The number of hydrogen-bond donors (Lipinski definition) is 2. The van der Waals surface area contributed by atoms with E-state index in [1.54, 1.807) is 0 Å². The number of carbonyl (C=O) groups is 1. The minimum atomic E-state index is -0.496. The van der Waals surface area contributed by atoms with Crippen LogP contribution in [0.25, 0.3) is 10.2 Å². The normalized spacial score (nSPS) is 10.0. The number of anilines is 1. The van der Waals surface area contributed by atoms with E-state index in [9.17, 15) is 4.79 Å². The number of aromatic nitrogens is 1. The summed E-state index contributed by atoms with van der Waals surface area (Å²) in [7, 11) is 0. The molecular weight excluding hydrogens is 322 g/mol. The molecule has 5 nitrogen and oxygen atoms in total. The Morgan fingerprint density at radius 2 is 2.04 bits per heavy atom. The van der Waals surface area contributed by atoms with Crippen molar-refractivity contribution in [3.8, 4) is 11.8 Å². The van der Waals surface area contributed by atoms with E-state index in [0.29, 0.717) is 5.13 Å². The summed E-state index contributed by atoms with van der Waals surface area (Å²) in [6, 6.07) is 15.2. The van der Waals surface area contributed by atoms with Crippen LogP contribution in [0.5, 0.6) is 0 Å². The average Bonchev–Trinajstić information content (AvgIpc) is 2.99. The molecule has 3 N–H and O–H groups in total. The highest BCUT2D eigenvalue weighted by Gasteiger charge is 2.04. The summed E-state index contributed by atoms with van der Waals surface area (Å²) in [5, 5.41) is 3.11. The Morgan fingerprint density at radius 3 is 2.88 bits per heavy atom. The zero-order chi connectivity index (χ0) is 16.8. The van der Waals surface area contributed by atoms with Gasteiger partial charge in [-0.3, -0.25) is 0 Å². The number of alkyl carbamates (subject to hydrolysis) is 1. The molecule has 0 atom stereocenters. The predicted molar refractivity (Wildman–Crippen MR) is 95.5 cm³/mol. The maximum Gasteiger partial charge on any atom is 0.408 e. The van der Waals surface area contributed by atoms with Crippen LogP contribution in [0.1, 0.15) is 11.1 Å². The number of thiazole rings is 1. The summed E-state index contributed by atoms with van der Waals surface area (Å²) in [5.74, 6) is 5.89. The number of nitrogens with one attached hydrogen (secondary N) is 1. The summed E-state index contributed by atoms with van der Waals surface area (Å²) >= 11 is 1.42. The van der Waals surface area contributed by atoms with Gasteiger partial charge in [-0.05, 0) is 17.7 Å². The molecule has 0 radical (unpaired) electrons. The van der Waals surface area contributed by atoms with Crippen LogP contribution in [-0.2, 0) is 11.3 Å². The molecule has 6 heteroatoms. The highest BCUT2D eigenvalue weighted by Crippen LogP contribution is 2.25. The molecule has 2 aromatic carbocycles. The van der Waals surface area contributed by atoms with Gasteiger partial charge in [0, 0.05) is 0 Å². The lowest BCUT2D eigenvalue weighted by Gasteiger charge is -2.04. The van der Waals surface area contributed by atoms with Gasteiger partial charge in [-0.2, -0.15) is 0 Å².